The first kappa shape index (κ1) is 14.5. The van der Waals surface area contributed by atoms with E-state index in [-0.39, 0.29) is 11.7 Å². The molecule has 3 aromatic rings. The van der Waals surface area contributed by atoms with Crippen molar-refractivity contribution in [3.05, 3.63) is 82.2 Å². The molecular formula is C17H14FNO2S. The smallest absolute Gasteiger partial charge is 0.254 e. The molecule has 1 aromatic carbocycles. The van der Waals surface area contributed by atoms with E-state index in [0.29, 0.717) is 18.7 Å². The quantitative estimate of drug-likeness (QED) is 0.702. The number of benzene rings is 1. The second kappa shape index (κ2) is 6.58. The van der Waals surface area contributed by atoms with Crippen molar-refractivity contribution in [3.8, 4) is 0 Å². The number of carbonyl (C=O) groups excluding carboxylic acids is 1. The van der Waals surface area contributed by atoms with Gasteiger partial charge >= 0.3 is 0 Å². The average molecular weight is 315 g/mol. The molecule has 0 saturated carbocycles. The molecule has 112 valence electrons. The molecule has 0 unspecified atom stereocenters. The molecule has 3 nitrogen and oxygen atoms in total. The Morgan fingerprint density at radius 3 is 2.59 bits per heavy atom. The Labute approximate surface area is 131 Å². The summed E-state index contributed by atoms with van der Waals surface area (Å²) in [7, 11) is 0. The Morgan fingerprint density at radius 2 is 1.95 bits per heavy atom. The van der Waals surface area contributed by atoms with Gasteiger partial charge < -0.3 is 9.32 Å². The summed E-state index contributed by atoms with van der Waals surface area (Å²) in [6.07, 6.45) is 3.21. The van der Waals surface area contributed by atoms with E-state index in [1.807, 2.05) is 23.6 Å². The predicted octanol–water partition coefficient (Wildman–Crippen LogP) is 4.32. The highest BCUT2D eigenvalue weighted by molar-refractivity contribution is 7.09. The molecule has 2 heterocycles. The first-order valence-corrected chi connectivity index (χ1v) is 7.68. The molecule has 3 rings (SSSR count). The zero-order valence-corrected chi connectivity index (χ0v) is 12.6. The molecule has 0 N–H and O–H groups in total. The maximum atomic E-state index is 13.0. The van der Waals surface area contributed by atoms with Gasteiger partial charge in [-0.3, -0.25) is 4.79 Å². The summed E-state index contributed by atoms with van der Waals surface area (Å²) >= 11 is 1.60. The van der Waals surface area contributed by atoms with E-state index in [9.17, 15) is 9.18 Å². The van der Waals surface area contributed by atoms with Gasteiger partial charge in [0.25, 0.3) is 5.91 Å². The van der Waals surface area contributed by atoms with Gasteiger partial charge in [0.2, 0.25) is 0 Å². The van der Waals surface area contributed by atoms with Crippen LogP contribution in [-0.4, -0.2) is 10.8 Å². The van der Waals surface area contributed by atoms with Crippen LogP contribution in [0.15, 0.2) is 64.8 Å². The molecular weight excluding hydrogens is 301 g/mol. The fourth-order valence-electron chi connectivity index (χ4n) is 2.17. The molecule has 0 aliphatic rings. The number of thiophene rings is 1. The number of nitrogens with zero attached hydrogens (tertiary/aromatic N) is 1. The summed E-state index contributed by atoms with van der Waals surface area (Å²) in [5.41, 5.74) is 1.40. The Hall–Kier alpha value is -2.40. The molecule has 0 atom stereocenters. The zero-order valence-electron chi connectivity index (χ0n) is 11.7. The predicted molar refractivity (Wildman–Crippen MR) is 83.0 cm³/mol. The van der Waals surface area contributed by atoms with E-state index in [2.05, 4.69) is 0 Å². The largest absolute Gasteiger partial charge is 0.472 e. The first-order chi connectivity index (χ1) is 10.7. The van der Waals surface area contributed by atoms with Crippen LogP contribution in [0, 0.1) is 5.82 Å². The minimum atomic E-state index is -0.351. The molecule has 2 aromatic heterocycles. The van der Waals surface area contributed by atoms with Crippen molar-refractivity contribution in [1.82, 2.24) is 4.90 Å². The lowest BCUT2D eigenvalue weighted by Crippen LogP contribution is -2.29. The van der Waals surface area contributed by atoms with Gasteiger partial charge in [-0.1, -0.05) is 6.07 Å². The molecule has 0 aliphatic carbocycles. The van der Waals surface area contributed by atoms with Gasteiger partial charge in [-0.2, -0.15) is 0 Å². The summed E-state index contributed by atoms with van der Waals surface area (Å²) in [6.45, 7) is 0.962. The first-order valence-electron chi connectivity index (χ1n) is 6.80. The van der Waals surface area contributed by atoms with E-state index in [1.54, 1.807) is 28.8 Å². The molecule has 1 amide bonds. The number of halogens is 1. The van der Waals surface area contributed by atoms with Crippen molar-refractivity contribution < 1.29 is 13.6 Å². The minimum Gasteiger partial charge on any atom is -0.472 e. The molecule has 5 heteroatoms. The molecule has 0 bridgehead atoms. The van der Waals surface area contributed by atoms with Crippen molar-refractivity contribution in [2.45, 2.75) is 13.1 Å². The van der Waals surface area contributed by atoms with Gasteiger partial charge in [0.05, 0.1) is 19.1 Å². The molecule has 0 spiro atoms. The fraction of sp³-hybridized carbons (Fsp3) is 0.118. The van der Waals surface area contributed by atoms with Crippen molar-refractivity contribution >= 4 is 17.2 Å². The third-order valence-electron chi connectivity index (χ3n) is 3.26. The third kappa shape index (κ3) is 3.43. The summed E-state index contributed by atoms with van der Waals surface area (Å²) in [5, 5.41) is 1.98. The Kier molecular flexibility index (Phi) is 4.34. The number of rotatable bonds is 5. The van der Waals surface area contributed by atoms with E-state index in [4.69, 9.17) is 4.42 Å². The number of carbonyl (C=O) groups is 1. The highest BCUT2D eigenvalue weighted by Crippen LogP contribution is 2.17. The molecule has 22 heavy (non-hydrogen) atoms. The standard InChI is InChI=1S/C17H14FNO2S/c18-15-5-3-14(4-6-15)17(20)19(10-13-7-8-21-12-13)11-16-2-1-9-22-16/h1-9,12H,10-11H2. The van der Waals surface area contributed by atoms with Gasteiger partial charge in [-0.05, 0) is 41.8 Å². The lowest BCUT2D eigenvalue weighted by molar-refractivity contribution is 0.0731. The average Bonchev–Trinajstić information content (AvgIpc) is 3.20. The highest BCUT2D eigenvalue weighted by Gasteiger charge is 2.17. The number of amides is 1. The maximum Gasteiger partial charge on any atom is 0.254 e. The van der Waals surface area contributed by atoms with Gasteiger partial charge in [0, 0.05) is 22.5 Å². The Balaban J connectivity index is 1.83. The SMILES string of the molecule is O=C(c1ccc(F)cc1)N(Cc1ccoc1)Cc1cccs1. The van der Waals surface area contributed by atoms with Crippen molar-refractivity contribution in [1.29, 1.82) is 0 Å². The Bertz CT molecular complexity index is 684. The molecule has 0 saturated heterocycles. The monoisotopic (exact) mass is 315 g/mol. The second-order valence-corrected chi connectivity index (χ2v) is 5.91. The molecule has 0 aliphatic heterocycles. The van der Waals surface area contributed by atoms with Crippen LogP contribution >= 0.6 is 11.3 Å². The second-order valence-electron chi connectivity index (χ2n) is 4.88. The van der Waals surface area contributed by atoms with E-state index in [1.165, 1.54) is 24.3 Å². The van der Waals surface area contributed by atoms with Crippen LogP contribution in [-0.2, 0) is 13.1 Å². The van der Waals surface area contributed by atoms with E-state index < -0.39 is 0 Å². The number of hydrogen-bond donors (Lipinski definition) is 0. The van der Waals surface area contributed by atoms with Crippen LogP contribution < -0.4 is 0 Å². The highest BCUT2D eigenvalue weighted by atomic mass is 32.1. The molecule has 0 fully saturated rings. The van der Waals surface area contributed by atoms with Crippen LogP contribution in [0.4, 0.5) is 4.39 Å². The lowest BCUT2D eigenvalue weighted by atomic mass is 10.1. The van der Waals surface area contributed by atoms with Crippen LogP contribution in [0.5, 0.6) is 0 Å². The van der Waals surface area contributed by atoms with Crippen LogP contribution in [0.2, 0.25) is 0 Å². The summed E-state index contributed by atoms with van der Waals surface area (Å²) < 4.78 is 18.1. The van der Waals surface area contributed by atoms with Crippen LogP contribution in [0.3, 0.4) is 0 Å². The maximum absolute atomic E-state index is 13.0. The van der Waals surface area contributed by atoms with Gasteiger partial charge in [0.1, 0.15) is 5.82 Å². The Morgan fingerprint density at radius 1 is 1.14 bits per heavy atom. The van der Waals surface area contributed by atoms with Crippen molar-refractivity contribution in [3.63, 3.8) is 0 Å². The minimum absolute atomic E-state index is 0.130. The van der Waals surface area contributed by atoms with Gasteiger partial charge in [0.15, 0.2) is 0 Å². The lowest BCUT2D eigenvalue weighted by Gasteiger charge is -2.21. The van der Waals surface area contributed by atoms with Crippen molar-refractivity contribution in [2.24, 2.45) is 0 Å². The summed E-state index contributed by atoms with van der Waals surface area (Å²) in [6, 6.07) is 11.4. The third-order valence-corrected chi connectivity index (χ3v) is 4.12. The topological polar surface area (TPSA) is 33.5 Å². The van der Waals surface area contributed by atoms with Crippen LogP contribution in [0.1, 0.15) is 20.8 Å². The summed E-state index contributed by atoms with van der Waals surface area (Å²) in [4.78, 5) is 15.5. The zero-order chi connectivity index (χ0) is 15.4. The van der Waals surface area contributed by atoms with E-state index in [0.717, 1.165) is 10.4 Å². The van der Waals surface area contributed by atoms with Gasteiger partial charge in [-0.25, -0.2) is 4.39 Å². The van der Waals surface area contributed by atoms with E-state index >= 15 is 0 Å². The fourth-order valence-corrected chi connectivity index (χ4v) is 2.89. The van der Waals surface area contributed by atoms with Crippen LogP contribution in [0.25, 0.3) is 0 Å². The normalized spacial score (nSPS) is 10.6. The summed E-state index contributed by atoms with van der Waals surface area (Å²) in [5.74, 6) is -0.481. The molecule has 0 radical (unpaired) electrons. The van der Waals surface area contributed by atoms with Gasteiger partial charge in [-0.15, -0.1) is 11.3 Å². The number of hydrogen-bond acceptors (Lipinski definition) is 3. The van der Waals surface area contributed by atoms with Crippen molar-refractivity contribution in [2.75, 3.05) is 0 Å². The number of furan rings is 1.